The van der Waals surface area contributed by atoms with Gasteiger partial charge in [0, 0.05) is 29.4 Å². The van der Waals surface area contributed by atoms with Gasteiger partial charge in [-0.25, -0.2) is 14.2 Å². The molecule has 0 unspecified atom stereocenters. The maximum Gasteiger partial charge on any atom is 0.346 e. The smallest absolute Gasteiger partial charge is 0.346 e. The molecule has 6 heteroatoms. The normalized spacial score (nSPS) is 11.2. The molecule has 116 valence electrons. The van der Waals surface area contributed by atoms with Crippen LogP contribution in [0.2, 0.25) is 0 Å². The van der Waals surface area contributed by atoms with Crippen LogP contribution < -0.4 is 0 Å². The molecule has 0 fully saturated rings. The van der Waals surface area contributed by atoms with Crippen LogP contribution in [0.15, 0.2) is 55.1 Å². The Labute approximate surface area is 136 Å². The van der Waals surface area contributed by atoms with Gasteiger partial charge >= 0.3 is 5.97 Å². The van der Waals surface area contributed by atoms with Crippen LogP contribution >= 0.6 is 11.3 Å². The van der Waals surface area contributed by atoms with Gasteiger partial charge in [0.05, 0.1) is 6.33 Å². The minimum atomic E-state index is -0.983. The molecule has 0 spiro atoms. The highest BCUT2D eigenvalue weighted by molar-refractivity contribution is 7.15. The van der Waals surface area contributed by atoms with E-state index in [2.05, 4.69) is 4.98 Å². The molecule has 0 amide bonds. The van der Waals surface area contributed by atoms with E-state index in [1.54, 1.807) is 24.7 Å². The van der Waals surface area contributed by atoms with Crippen molar-refractivity contribution in [2.45, 2.75) is 6.54 Å². The largest absolute Gasteiger partial charge is 0.477 e. The van der Waals surface area contributed by atoms with Gasteiger partial charge in [-0.05, 0) is 29.8 Å². The van der Waals surface area contributed by atoms with Crippen molar-refractivity contribution >= 4 is 23.4 Å². The molecule has 0 radical (unpaired) electrons. The molecule has 0 aliphatic carbocycles. The molecule has 23 heavy (non-hydrogen) atoms. The fourth-order valence-corrected chi connectivity index (χ4v) is 3.13. The zero-order valence-electron chi connectivity index (χ0n) is 12.0. The van der Waals surface area contributed by atoms with Crippen molar-refractivity contribution in [3.8, 4) is 11.1 Å². The molecule has 0 saturated heterocycles. The van der Waals surface area contributed by atoms with E-state index in [-0.39, 0.29) is 10.7 Å². The summed E-state index contributed by atoms with van der Waals surface area (Å²) in [5, 5.41) is 9.37. The third-order valence-electron chi connectivity index (χ3n) is 3.26. The highest BCUT2D eigenvalue weighted by atomic mass is 32.1. The van der Waals surface area contributed by atoms with Gasteiger partial charge in [-0.1, -0.05) is 18.2 Å². The third kappa shape index (κ3) is 3.54. The number of hydrogen-bond acceptors (Lipinski definition) is 3. The number of imidazole rings is 1. The summed E-state index contributed by atoms with van der Waals surface area (Å²) in [7, 11) is 0. The van der Waals surface area contributed by atoms with Crippen molar-refractivity contribution in [1.82, 2.24) is 9.55 Å². The van der Waals surface area contributed by atoms with Crippen molar-refractivity contribution in [2.75, 3.05) is 0 Å². The molecule has 2 aromatic heterocycles. The Kier molecular flexibility index (Phi) is 4.34. The standard InChI is InChI=1S/C17H13FN2O2S/c18-13-5-3-12(4-6-13)15-10-14(23-16(15)17(21)22)2-1-8-20-9-7-19-11-20/h1-7,9-11H,8H2,(H,21,22)/b2-1+. The average Bonchev–Trinajstić information content (AvgIpc) is 3.18. The summed E-state index contributed by atoms with van der Waals surface area (Å²) >= 11 is 1.20. The molecule has 1 N–H and O–H groups in total. The molecule has 0 aliphatic heterocycles. The van der Waals surface area contributed by atoms with E-state index in [0.717, 1.165) is 4.88 Å². The maximum atomic E-state index is 13.0. The van der Waals surface area contributed by atoms with Gasteiger partial charge in [0.25, 0.3) is 0 Å². The SMILES string of the molecule is O=C(O)c1sc(/C=C/Cn2ccnc2)cc1-c1ccc(F)cc1. The van der Waals surface area contributed by atoms with E-state index in [9.17, 15) is 14.3 Å². The topological polar surface area (TPSA) is 55.1 Å². The second-order valence-electron chi connectivity index (χ2n) is 4.87. The molecular formula is C17H13FN2O2S. The number of halogens is 1. The first-order valence-electron chi connectivity index (χ1n) is 6.89. The van der Waals surface area contributed by atoms with Crippen LogP contribution in [0.3, 0.4) is 0 Å². The number of allylic oxidation sites excluding steroid dienone is 1. The summed E-state index contributed by atoms with van der Waals surface area (Å²) in [5.74, 6) is -1.33. The minimum Gasteiger partial charge on any atom is -0.477 e. The first-order chi connectivity index (χ1) is 11.1. The number of carboxylic acids is 1. The van der Waals surface area contributed by atoms with Crippen LogP contribution in [0.5, 0.6) is 0 Å². The molecule has 0 bridgehead atoms. The molecule has 0 atom stereocenters. The van der Waals surface area contributed by atoms with E-state index in [0.29, 0.717) is 17.7 Å². The summed E-state index contributed by atoms with van der Waals surface area (Å²) in [6.07, 6.45) is 9.09. The number of thiophene rings is 1. The maximum absolute atomic E-state index is 13.0. The summed E-state index contributed by atoms with van der Waals surface area (Å²) in [5.41, 5.74) is 1.29. The van der Waals surface area contributed by atoms with E-state index in [4.69, 9.17) is 0 Å². The highest BCUT2D eigenvalue weighted by Crippen LogP contribution is 2.32. The number of rotatable bonds is 5. The van der Waals surface area contributed by atoms with E-state index >= 15 is 0 Å². The van der Waals surface area contributed by atoms with Crippen LogP contribution in [0.25, 0.3) is 17.2 Å². The van der Waals surface area contributed by atoms with Gasteiger partial charge in [0.2, 0.25) is 0 Å². The first kappa shape index (κ1) is 15.2. The zero-order chi connectivity index (χ0) is 16.2. The molecule has 0 saturated carbocycles. The van der Waals surface area contributed by atoms with Crippen LogP contribution in [-0.4, -0.2) is 20.6 Å². The van der Waals surface area contributed by atoms with Crippen LogP contribution in [-0.2, 0) is 6.54 Å². The van der Waals surface area contributed by atoms with Gasteiger partial charge in [-0.3, -0.25) is 0 Å². The van der Waals surface area contributed by atoms with Crippen molar-refractivity contribution in [3.05, 3.63) is 70.7 Å². The van der Waals surface area contributed by atoms with Gasteiger partial charge < -0.3 is 9.67 Å². The fraction of sp³-hybridized carbons (Fsp3) is 0.0588. The van der Waals surface area contributed by atoms with E-state index < -0.39 is 5.97 Å². The Morgan fingerprint density at radius 2 is 2.13 bits per heavy atom. The lowest BCUT2D eigenvalue weighted by molar-refractivity contribution is 0.0703. The third-order valence-corrected chi connectivity index (χ3v) is 4.35. The van der Waals surface area contributed by atoms with Crippen molar-refractivity contribution in [2.24, 2.45) is 0 Å². The number of carboxylic acid groups (broad SMARTS) is 1. The van der Waals surface area contributed by atoms with Crippen molar-refractivity contribution < 1.29 is 14.3 Å². The number of benzene rings is 1. The van der Waals surface area contributed by atoms with Gasteiger partial charge in [0.15, 0.2) is 0 Å². The molecule has 1 aromatic carbocycles. The number of aromatic nitrogens is 2. The lowest BCUT2D eigenvalue weighted by Gasteiger charge is -1.99. The Balaban J connectivity index is 1.88. The monoisotopic (exact) mass is 328 g/mol. The molecular weight excluding hydrogens is 315 g/mol. The Morgan fingerprint density at radius 3 is 2.78 bits per heavy atom. The Morgan fingerprint density at radius 1 is 1.35 bits per heavy atom. The number of aromatic carboxylic acids is 1. The second kappa shape index (κ2) is 6.58. The molecule has 2 heterocycles. The molecule has 0 aliphatic rings. The zero-order valence-corrected chi connectivity index (χ0v) is 12.8. The van der Waals surface area contributed by atoms with Gasteiger partial charge in [-0.15, -0.1) is 11.3 Å². The number of carbonyl (C=O) groups is 1. The summed E-state index contributed by atoms with van der Waals surface area (Å²) in [6.45, 7) is 0.659. The van der Waals surface area contributed by atoms with Crippen LogP contribution in [0.1, 0.15) is 14.5 Å². The molecule has 3 aromatic rings. The van der Waals surface area contributed by atoms with Crippen LogP contribution in [0.4, 0.5) is 4.39 Å². The van der Waals surface area contributed by atoms with Crippen molar-refractivity contribution in [1.29, 1.82) is 0 Å². The minimum absolute atomic E-state index is 0.249. The predicted molar refractivity (Wildman–Crippen MR) is 87.9 cm³/mol. The summed E-state index contributed by atoms with van der Waals surface area (Å²) in [4.78, 5) is 16.5. The average molecular weight is 328 g/mol. The number of nitrogens with zero attached hydrogens (tertiary/aromatic N) is 2. The van der Waals surface area contributed by atoms with E-state index in [1.807, 2.05) is 29.0 Å². The molecule has 4 nitrogen and oxygen atoms in total. The van der Waals surface area contributed by atoms with Crippen LogP contribution in [0, 0.1) is 5.82 Å². The first-order valence-corrected chi connectivity index (χ1v) is 7.70. The lowest BCUT2D eigenvalue weighted by Crippen LogP contribution is -1.94. The van der Waals surface area contributed by atoms with Crippen molar-refractivity contribution in [3.63, 3.8) is 0 Å². The Bertz CT molecular complexity index is 836. The quantitative estimate of drug-likeness (QED) is 0.765. The van der Waals surface area contributed by atoms with Gasteiger partial charge in [0.1, 0.15) is 10.7 Å². The lowest BCUT2D eigenvalue weighted by atomic mass is 10.1. The molecule has 3 rings (SSSR count). The van der Waals surface area contributed by atoms with Gasteiger partial charge in [-0.2, -0.15) is 0 Å². The van der Waals surface area contributed by atoms with E-state index in [1.165, 1.54) is 23.5 Å². The Hall–Kier alpha value is -2.73. The second-order valence-corrected chi connectivity index (χ2v) is 5.95. The highest BCUT2D eigenvalue weighted by Gasteiger charge is 2.15. The summed E-state index contributed by atoms with van der Waals surface area (Å²) < 4.78 is 14.9. The summed E-state index contributed by atoms with van der Waals surface area (Å²) in [6, 6.07) is 7.64. The predicted octanol–water partition coefficient (Wildman–Crippen LogP) is 4.16. The number of hydrogen-bond donors (Lipinski definition) is 1. The fourth-order valence-electron chi connectivity index (χ4n) is 2.18.